The Morgan fingerprint density at radius 3 is 2.57 bits per heavy atom. The zero-order valence-corrected chi connectivity index (χ0v) is 8.36. The van der Waals surface area contributed by atoms with Gasteiger partial charge < -0.3 is 5.21 Å². The minimum absolute atomic E-state index is 0.0339. The van der Waals surface area contributed by atoms with E-state index in [1.807, 2.05) is 30.3 Å². The highest BCUT2D eigenvalue weighted by atomic mass is 35.5. The molecule has 1 rings (SSSR count). The van der Waals surface area contributed by atoms with Crippen molar-refractivity contribution in [2.75, 3.05) is 5.43 Å². The number of para-hydroxylation sites is 1. The second-order valence-corrected chi connectivity index (χ2v) is 2.92. The zero-order valence-electron chi connectivity index (χ0n) is 7.61. The van der Waals surface area contributed by atoms with Crippen molar-refractivity contribution in [1.29, 1.82) is 0 Å². The molecule has 1 aromatic carbocycles. The van der Waals surface area contributed by atoms with E-state index >= 15 is 0 Å². The molecule has 0 bridgehead atoms. The molecule has 0 fully saturated rings. The third-order valence-corrected chi connectivity index (χ3v) is 1.86. The molecule has 1 aromatic rings. The first-order chi connectivity index (χ1) is 6.74. The van der Waals surface area contributed by atoms with Crippen LogP contribution in [0.5, 0.6) is 0 Å². The number of rotatable bonds is 3. The Balaban J connectivity index is 2.64. The van der Waals surface area contributed by atoms with Gasteiger partial charge in [0.1, 0.15) is 0 Å². The summed E-state index contributed by atoms with van der Waals surface area (Å²) in [5, 5.41) is 15.0. The van der Waals surface area contributed by atoms with Gasteiger partial charge in [0, 0.05) is 0 Å². The lowest BCUT2D eigenvalue weighted by molar-refractivity contribution is 0.321. The number of anilines is 1. The maximum Gasteiger partial charge on any atom is 0.191 e. The van der Waals surface area contributed by atoms with Crippen LogP contribution in [0.2, 0.25) is 0 Å². The van der Waals surface area contributed by atoms with Crippen molar-refractivity contribution in [2.45, 2.75) is 6.92 Å². The van der Waals surface area contributed by atoms with Crippen molar-refractivity contribution in [3.05, 3.63) is 30.3 Å². The molecule has 0 aromatic heterocycles. The molecule has 0 radical (unpaired) electrons. The summed E-state index contributed by atoms with van der Waals surface area (Å²) in [4.78, 5) is 0. The first kappa shape index (κ1) is 10.5. The quantitative estimate of drug-likeness (QED) is 0.459. The highest BCUT2D eigenvalue weighted by Gasteiger charge is 1.98. The Hall–Kier alpha value is -1.55. The van der Waals surface area contributed by atoms with Crippen LogP contribution in [-0.2, 0) is 0 Å². The molecule has 4 nitrogen and oxygen atoms in total. The maximum atomic E-state index is 8.35. The van der Waals surface area contributed by atoms with Crippen molar-refractivity contribution < 1.29 is 5.21 Å². The Labute approximate surface area is 86.9 Å². The number of nitrogens with one attached hydrogen (secondary N) is 1. The van der Waals surface area contributed by atoms with Crippen LogP contribution < -0.4 is 5.43 Å². The van der Waals surface area contributed by atoms with Gasteiger partial charge in [-0.3, -0.25) is 5.43 Å². The molecule has 0 aliphatic heterocycles. The Morgan fingerprint density at radius 2 is 2.00 bits per heavy atom. The van der Waals surface area contributed by atoms with E-state index in [9.17, 15) is 0 Å². The standard InChI is InChI=1S/C9H10ClN3O/c1-7(9(10)13-14)11-12-8-5-3-2-4-6-8/h2-6,12,14H,1H3/b11-7+,13-9+. The van der Waals surface area contributed by atoms with Crippen molar-refractivity contribution in [3.8, 4) is 0 Å². The smallest absolute Gasteiger partial charge is 0.191 e. The van der Waals surface area contributed by atoms with E-state index in [1.54, 1.807) is 6.92 Å². The fraction of sp³-hybridized carbons (Fsp3) is 0.111. The number of hydrogen-bond acceptors (Lipinski definition) is 4. The van der Waals surface area contributed by atoms with Gasteiger partial charge in [-0.05, 0) is 19.1 Å². The molecule has 0 spiro atoms. The molecular formula is C9H10ClN3O. The number of hydrogen-bond donors (Lipinski definition) is 2. The number of halogens is 1. The molecule has 0 atom stereocenters. The van der Waals surface area contributed by atoms with Gasteiger partial charge in [-0.2, -0.15) is 5.10 Å². The minimum Gasteiger partial charge on any atom is -0.410 e. The summed E-state index contributed by atoms with van der Waals surface area (Å²) in [5.74, 6) is 0. The van der Waals surface area contributed by atoms with Gasteiger partial charge in [0.25, 0.3) is 0 Å². The number of nitrogens with zero attached hydrogens (tertiary/aromatic N) is 2. The monoisotopic (exact) mass is 211 g/mol. The molecule has 0 saturated heterocycles. The van der Waals surface area contributed by atoms with Crippen LogP contribution in [-0.4, -0.2) is 16.1 Å². The van der Waals surface area contributed by atoms with Crippen molar-refractivity contribution in [1.82, 2.24) is 0 Å². The summed E-state index contributed by atoms with van der Waals surface area (Å²) in [6.07, 6.45) is 0. The van der Waals surface area contributed by atoms with Gasteiger partial charge >= 0.3 is 0 Å². The molecule has 0 unspecified atom stereocenters. The van der Waals surface area contributed by atoms with Crippen molar-refractivity contribution >= 4 is 28.2 Å². The lowest BCUT2D eigenvalue weighted by Gasteiger charge is -2.00. The number of oxime groups is 1. The van der Waals surface area contributed by atoms with Crippen LogP contribution in [0.25, 0.3) is 0 Å². The molecule has 5 heteroatoms. The second-order valence-electron chi connectivity index (χ2n) is 2.57. The van der Waals surface area contributed by atoms with Crippen LogP contribution in [0, 0.1) is 0 Å². The third kappa shape index (κ3) is 3.06. The van der Waals surface area contributed by atoms with Crippen LogP contribution in [0.4, 0.5) is 5.69 Å². The predicted octanol–water partition coefficient (Wildman–Crippen LogP) is 2.50. The molecule has 0 aliphatic rings. The summed E-state index contributed by atoms with van der Waals surface area (Å²) < 4.78 is 0. The Kier molecular flexibility index (Phi) is 3.94. The van der Waals surface area contributed by atoms with E-state index in [0.29, 0.717) is 5.71 Å². The van der Waals surface area contributed by atoms with E-state index in [1.165, 1.54) is 0 Å². The molecule has 0 aliphatic carbocycles. The van der Waals surface area contributed by atoms with Gasteiger partial charge in [0.15, 0.2) is 5.17 Å². The van der Waals surface area contributed by atoms with E-state index in [0.717, 1.165) is 5.69 Å². The molecule has 0 heterocycles. The maximum absolute atomic E-state index is 8.35. The summed E-state index contributed by atoms with van der Waals surface area (Å²) >= 11 is 5.51. The molecule has 74 valence electrons. The fourth-order valence-electron chi connectivity index (χ4n) is 0.780. The summed E-state index contributed by atoms with van der Waals surface area (Å²) in [7, 11) is 0. The van der Waals surface area contributed by atoms with Crippen LogP contribution in [0.3, 0.4) is 0 Å². The van der Waals surface area contributed by atoms with Gasteiger partial charge in [-0.1, -0.05) is 35.0 Å². The Morgan fingerprint density at radius 1 is 1.36 bits per heavy atom. The normalized spacial score (nSPS) is 12.7. The number of benzene rings is 1. The van der Waals surface area contributed by atoms with E-state index in [4.69, 9.17) is 16.8 Å². The largest absolute Gasteiger partial charge is 0.410 e. The van der Waals surface area contributed by atoms with Crippen LogP contribution in [0.15, 0.2) is 40.6 Å². The van der Waals surface area contributed by atoms with Gasteiger partial charge in [-0.15, -0.1) is 0 Å². The molecule has 0 saturated carbocycles. The van der Waals surface area contributed by atoms with Crippen LogP contribution in [0.1, 0.15) is 6.92 Å². The van der Waals surface area contributed by atoms with E-state index in [-0.39, 0.29) is 5.17 Å². The van der Waals surface area contributed by atoms with Crippen molar-refractivity contribution in [3.63, 3.8) is 0 Å². The Bertz CT molecular complexity index is 348. The highest BCUT2D eigenvalue weighted by molar-refractivity contribution is 6.83. The average Bonchev–Trinajstić information content (AvgIpc) is 2.26. The average molecular weight is 212 g/mol. The fourth-order valence-corrected chi connectivity index (χ4v) is 0.822. The third-order valence-electron chi connectivity index (χ3n) is 1.51. The van der Waals surface area contributed by atoms with Crippen LogP contribution >= 0.6 is 11.6 Å². The van der Waals surface area contributed by atoms with E-state index in [2.05, 4.69) is 15.7 Å². The SMILES string of the molecule is CC(=N\Nc1ccccc1)/C(Cl)=N\O. The second kappa shape index (κ2) is 5.24. The summed E-state index contributed by atoms with van der Waals surface area (Å²) in [6, 6.07) is 9.40. The lowest BCUT2D eigenvalue weighted by atomic mass is 10.3. The summed E-state index contributed by atoms with van der Waals surface area (Å²) in [6.45, 7) is 1.64. The van der Waals surface area contributed by atoms with Gasteiger partial charge in [0.05, 0.1) is 11.4 Å². The molecular weight excluding hydrogens is 202 g/mol. The van der Waals surface area contributed by atoms with Gasteiger partial charge in [-0.25, -0.2) is 0 Å². The molecule has 2 N–H and O–H groups in total. The lowest BCUT2D eigenvalue weighted by Crippen LogP contribution is -2.05. The predicted molar refractivity (Wildman–Crippen MR) is 58.2 cm³/mol. The summed E-state index contributed by atoms with van der Waals surface area (Å²) in [5.41, 5.74) is 4.03. The topological polar surface area (TPSA) is 57.0 Å². The van der Waals surface area contributed by atoms with Crippen molar-refractivity contribution in [2.24, 2.45) is 10.3 Å². The molecule has 14 heavy (non-hydrogen) atoms. The molecule has 0 amide bonds. The minimum atomic E-state index is -0.0339. The first-order valence-electron chi connectivity index (χ1n) is 3.97. The number of hydrazone groups is 1. The first-order valence-corrected chi connectivity index (χ1v) is 4.35. The van der Waals surface area contributed by atoms with E-state index < -0.39 is 0 Å². The van der Waals surface area contributed by atoms with Gasteiger partial charge in [0.2, 0.25) is 0 Å². The highest BCUT2D eigenvalue weighted by Crippen LogP contribution is 2.04. The zero-order chi connectivity index (χ0) is 10.4.